The van der Waals surface area contributed by atoms with Gasteiger partial charge in [0.05, 0.1) is 4.92 Å². The van der Waals surface area contributed by atoms with Gasteiger partial charge in [-0.3, -0.25) is 19.3 Å². The highest BCUT2D eigenvalue weighted by Gasteiger charge is 2.15. The van der Waals surface area contributed by atoms with Gasteiger partial charge in [0.25, 0.3) is 0 Å². The number of hydrogen-bond donors (Lipinski definition) is 1. The summed E-state index contributed by atoms with van der Waals surface area (Å²) in [7, 11) is -0.935. The van der Waals surface area contributed by atoms with Crippen molar-refractivity contribution in [2.45, 2.75) is 13.0 Å². The van der Waals surface area contributed by atoms with Gasteiger partial charge in [-0.15, -0.1) is 0 Å². The normalized spacial score (nSPS) is 14.1. The number of nitrogens with zero attached hydrogens (tertiary/aromatic N) is 2. The maximum absolute atomic E-state index is 11.0. The number of anilines is 1. The fraction of sp³-hybridized carbons (Fsp3) is 0.444. The van der Waals surface area contributed by atoms with E-state index in [4.69, 9.17) is 0 Å². The molecule has 0 saturated heterocycles. The minimum Gasteiger partial charge on any atom is -0.376 e. The van der Waals surface area contributed by atoms with E-state index in [0.29, 0.717) is 11.4 Å². The van der Waals surface area contributed by atoms with Gasteiger partial charge in [0.15, 0.2) is 0 Å². The van der Waals surface area contributed by atoms with E-state index in [2.05, 4.69) is 10.3 Å². The molecule has 1 aromatic heterocycles. The smallest absolute Gasteiger partial charge is 0.310 e. The molecule has 1 aromatic rings. The Balaban J connectivity index is 2.80. The number of pyridine rings is 1. The number of rotatable bonds is 5. The summed E-state index contributed by atoms with van der Waals surface area (Å²) in [6, 6.07) is 1.44. The van der Waals surface area contributed by atoms with E-state index < -0.39 is 15.7 Å². The maximum atomic E-state index is 11.0. The van der Waals surface area contributed by atoms with Crippen LogP contribution in [0.25, 0.3) is 0 Å². The highest BCUT2D eigenvalue weighted by molar-refractivity contribution is 7.84. The lowest BCUT2D eigenvalue weighted by atomic mass is 10.3. The van der Waals surface area contributed by atoms with Gasteiger partial charge in [-0.25, -0.2) is 0 Å². The molecule has 0 aliphatic heterocycles. The molecule has 0 bridgehead atoms. The zero-order chi connectivity index (χ0) is 12.1. The Labute approximate surface area is 95.7 Å². The standard InChI is InChI=1S/C9H13N3O3S/c1-7(6-16(2)15)11-8-3-4-10-5-9(8)12(13)14/h3-5,7H,6H2,1-2H3,(H,10,11). The highest BCUT2D eigenvalue weighted by Crippen LogP contribution is 2.22. The van der Waals surface area contributed by atoms with E-state index in [0.717, 1.165) is 0 Å². The van der Waals surface area contributed by atoms with Gasteiger partial charge < -0.3 is 5.32 Å². The summed E-state index contributed by atoms with van der Waals surface area (Å²) in [6.45, 7) is 1.82. The fourth-order valence-corrected chi connectivity index (χ4v) is 2.10. The van der Waals surface area contributed by atoms with Gasteiger partial charge in [-0.05, 0) is 13.0 Å². The molecule has 1 heterocycles. The molecule has 0 spiro atoms. The zero-order valence-electron chi connectivity index (χ0n) is 9.04. The molecule has 0 aliphatic carbocycles. The minimum atomic E-state index is -0.935. The Kier molecular flexibility index (Phi) is 4.36. The first kappa shape index (κ1) is 12.6. The van der Waals surface area contributed by atoms with E-state index in [1.54, 1.807) is 6.26 Å². The summed E-state index contributed by atoms with van der Waals surface area (Å²) in [6.07, 6.45) is 4.27. The Bertz CT molecular complexity index is 411. The molecular weight excluding hydrogens is 230 g/mol. The van der Waals surface area contributed by atoms with Crippen LogP contribution in [0.3, 0.4) is 0 Å². The molecule has 1 N–H and O–H groups in total. The second-order valence-electron chi connectivity index (χ2n) is 3.44. The van der Waals surface area contributed by atoms with Crippen molar-refractivity contribution in [2.24, 2.45) is 0 Å². The third-order valence-electron chi connectivity index (χ3n) is 1.88. The lowest BCUT2D eigenvalue weighted by molar-refractivity contribution is -0.384. The first-order chi connectivity index (χ1) is 7.50. The molecular formula is C9H13N3O3S. The number of nitro groups is 1. The Morgan fingerprint density at radius 2 is 2.38 bits per heavy atom. The van der Waals surface area contributed by atoms with Crippen LogP contribution in [-0.4, -0.2) is 32.2 Å². The molecule has 1 rings (SSSR count). The zero-order valence-corrected chi connectivity index (χ0v) is 9.86. The van der Waals surface area contributed by atoms with Crippen LogP contribution >= 0.6 is 0 Å². The average molecular weight is 243 g/mol. The summed E-state index contributed by atoms with van der Waals surface area (Å²) in [5, 5.41) is 13.6. The predicted octanol–water partition coefficient (Wildman–Crippen LogP) is 1.17. The highest BCUT2D eigenvalue weighted by atomic mass is 32.2. The van der Waals surface area contributed by atoms with Crippen LogP contribution in [0, 0.1) is 10.1 Å². The van der Waals surface area contributed by atoms with Crippen molar-refractivity contribution in [3.05, 3.63) is 28.6 Å². The van der Waals surface area contributed by atoms with Crippen molar-refractivity contribution in [3.8, 4) is 0 Å². The summed E-state index contributed by atoms with van der Waals surface area (Å²) in [4.78, 5) is 13.9. The number of nitrogens with one attached hydrogen (secondary N) is 1. The molecule has 88 valence electrons. The van der Waals surface area contributed by atoms with Gasteiger partial charge in [-0.2, -0.15) is 0 Å². The SMILES string of the molecule is CC(CS(C)=O)Nc1ccncc1[N+](=O)[O-]. The van der Waals surface area contributed by atoms with Crippen LogP contribution in [0.2, 0.25) is 0 Å². The monoisotopic (exact) mass is 243 g/mol. The van der Waals surface area contributed by atoms with Crippen molar-refractivity contribution in [1.29, 1.82) is 0 Å². The second kappa shape index (κ2) is 5.55. The third kappa shape index (κ3) is 3.58. The van der Waals surface area contributed by atoms with Crippen LogP contribution in [0.15, 0.2) is 18.5 Å². The summed E-state index contributed by atoms with van der Waals surface area (Å²) >= 11 is 0. The van der Waals surface area contributed by atoms with E-state index in [1.807, 2.05) is 6.92 Å². The Morgan fingerprint density at radius 3 is 2.94 bits per heavy atom. The summed E-state index contributed by atoms with van der Waals surface area (Å²) in [5.74, 6) is 0.444. The van der Waals surface area contributed by atoms with Crippen molar-refractivity contribution < 1.29 is 9.13 Å². The van der Waals surface area contributed by atoms with Crippen molar-refractivity contribution in [2.75, 3.05) is 17.3 Å². The molecule has 2 unspecified atom stereocenters. The minimum absolute atomic E-state index is 0.0729. The first-order valence-electron chi connectivity index (χ1n) is 4.65. The van der Waals surface area contributed by atoms with Crippen molar-refractivity contribution >= 4 is 22.2 Å². The largest absolute Gasteiger partial charge is 0.376 e. The van der Waals surface area contributed by atoms with Crippen LogP contribution in [0.4, 0.5) is 11.4 Å². The fourth-order valence-electron chi connectivity index (χ4n) is 1.31. The first-order valence-corrected chi connectivity index (χ1v) is 6.38. The molecule has 0 aromatic carbocycles. The molecule has 7 heteroatoms. The molecule has 0 saturated carbocycles. The van der Waals surface area contributed by atoms with Crippen LogP contribution in [-0.2, 0) is 10.8 Å². The van der Waals surface area contributed by atoms with Gasteiger partial charge in [0.2, 0.25) is 0 Å². The number of aromatic nitrogens is 1. The molecule has 16 heavy (non-hydrogen) atoms. The van der Waals surface area contributed by atoms with Crippen LogP contribution in [0.5, 0.6) is 0 Å². The lowest BCUT2D eigenvalue weighted by Gasteiger charge is -2.13. The van der Waals surface area contributed by atoms with Gasteiger partial charge in [-0.1, -0.05) is 0 Å². The van der Waals surface area contributed by atoms with E-state index in [-0.39, 0.29) is 11.7 Å². The average Bonchev–Trinajstić information content (AvgIpc) is 2.16. The number of hydrogen-bond acceptors (Lipinski definition) is 5. The molecule has 0 fully saturated rings. The van der Waals surface area contributed by atoms with Gasteiger partial charge in [0, 0.05) is 35.0 Å². The molecule has 0 radical (unpaired) electrons. The van der Waals surface area contributed by atoms with Crippen LogP contribution < -0.4 is 5.32 Å². The molecule has 0 aliphatic rings. The Morgan fingerprint density at radius 1 is 1.69 bits per heavy atom. The van der Waals surface area contributed by atoms with Crippen molar-refractivity contribution in [1.82, 2.24) is 4.98 Å². The summed E-state index contributed by atoms with van der Waals surface area (Å²) in [5.41, 5.74) is 0.328. The quantitative estimate of drug-likeness (QED) is 0.619. The Hall–Kier alpha value is -1.50. The van der Waals surface area contributed by atoms with E-state index in [1.165, 1.54) is 18.5 Å². The molecule has 6 nitrogen and oxygen atoms in total. The summed E-state index contributed by atoms with van der Waals surface area (Å²) < 4.78 is 11.0. The molecule has 0 amide bonds. The van der Waals surface area contributed by atoms with E-state index >= 15 is 0 Å². The second-order valence-corrected chi connectivity index (χ2v) is 4.91. The van der Waals surface area contributed by atoms with Crippen molar-refractivity contribution in [3.63, 3.8) is 0 Å². The maximum Gasteiger partial charge on any atom is 0.310 e. The predicted molar refractivity (Wildman–Crippen MR) is 62.9 cm³/mol. The van der Waals surface area contributed by atoms with Gasteiger partial charge in [0.1, 0.15) is 11.9 Å². The lowest BCUT2D eigenvalue weighted by Crippen LogP contribution is -2.22. The van der Waals surface area contributed by atoms with Gasteiger partial charge >= 0.3 is 5.69 Å². The van der Waals surface area contributed by atoms with Crippen LogP contribution in [0.1, 0.15) is 6.92 Å². The molecule has 2 atom stereocenters. The topological polar surface area (TPSA) is 85.1 Å². The third-order valence-corrected chi connectivity index (χ3v) is 2.85. The van der Waals surface area contributed by atoms with E-state index in [9.17, 15) is 14.3 Å².